The van der Waals surface area contributed by atoms with Crippen LogP contribution in [0.25, 0.3) is 21.2 Å². The average Bonchev–Trinajstić information content (AvgIpc) is 3.73. The fraction of sp³-hybridized carbons (Fsp3) is 0.308. The molecule has 1 atom stereocenters. The van der Waals surface area contributed by atoms with Crippen LogP contribution in [0.1, 0.15) is 73.1 Å². The molecule has 0 aliphatic heterocycles. The summed E-state index contributed by atoms with van der Waals surface area (Å²) in [5.41, 5.74) is 3.36. The molecule has 1 aliphatic rings. The predicted molar refractivity (Wildman–Crippen MR) is 190 cm³/mol. The SMILES string of the molecule is CC(C)(C)c1ccc(Oc2ccc3cc(C(=O)NC(Cc4ccc(-c5ccc(Cl)cc5)s4)C(=O)O)nc(CC4CCCC4)c3c2)cc1. The topological polar surface area (TPSA) is 88.5 Å². The number of aliphatic carboxylic acids is 1. The van der Waals surface area contributed by atoms with Gasteiger partial charge in [0.1, 0.15) is 23.2 Å². The van der Waals surface area contributed by atoms with Crippen molar-refractivity contribution in [1.82, 2.24) is 10.3 Å². The standard InChI is InChI=1S/C39H39ClN2O4S/c1-39(2,3)27-11-16-29(17-12-27)46-30-15-10-26-21-34(41-33(32(26)22-30)20-24-6-4-5-7-24)37(43)42-35(38(44)45)23-31-18-19-36(47-31)25-8-13-28(40)14-9-25/h8-19,21-22,24,35H,4-7,20,23H2,1-3H3,(H,42,43)(H,44,45). The lowest BCUT2D eigenvalue weighted by Gasteiger charge is -2.19. The highest BCUT2D eigenvalue weighted by Gasteiger charge is 2.25. The van der Waals surface area contributed by atoms with Crippen molar-refractivity contribution in [3.8, 4) is 21.9 Å². The van der Waals surface area contributed by atoms with Gasteiger partial charge >= 0.3 is 5.97 Å². The van der Waals surface area contributed by atoms with E-state index >= 15 is 0 Å². The van der Waals surface area contributed by atoms with Crippen LogP contribution in [0.3, 0.4) is 0 Å². The lowest BCUT2D eigenvalue weighted by molar-refractivity contribution is -0.139. The van der Waals surface area contributed by atoms with Gasteiger partial charge in [0.15, 0.2) is 0 Å². The smallest absolute Gasteiger partial charge is 0.326 e. The molecule has 1 unspecified atom stereocenters. The first-order valence-electron chi connectivity index (χ1n) is 16.1. The van der Waals surface area contributed by atoms with E-state index in [1.54, 1.807) is 6.07 Å². The normalized spacial score (nSPS) is 14.3. The van der Waals surface area contributed by atoms with Crippen molar-refractivity contribution in [2.24, 2.45) is 5.92 Å². The van der Waals surface area contributed by atoms with Crippen LogP contribution in [-0.2, 0) is 23.1 Å². The number of carbonyl (C=O) groups excluding carboxylic acids is 1. The Morgan fingerprint density at radius 2 is 1.66 bits per heavy atom. The molecule has 1 saturated carbocycles. The Bertz CT molecular complexity index is 1890. The molecule has 47 heavy (non-hydrogen) atoms. The van der Waals surface area contributed by atoms with Gasteiger partial charge in [0.25, 0.3) is 5.91 Å². The molecule has 0 spiro atoms. The van der Waals surface area contributed by atoms with Gasteiger partial charge < -0.3 is 15.2 Å². The van der Waals surface area contributed by atoms with Gasteiger partial charge in [-0.2, -0.15) is 0 Å². The molecular weight excluding hydrogens is 628 g/mol. The van der Waals surface area contributed by atoms with E-state index in [1.807, 2.05) is 66.7 Å². The fourth-order valence-electron chi connectivity index (χ4n) is 6.17. The first-order chi connectivity index (χ1) is 22.5. The van der Waals surface area contributed by atoms with Crippen LogP contribution in [0, 0.1) is 5.92 Å². The van der Waals surface area contributed by atoms with Gasteiger partial charge in [0.05, 0.1) is 0 Å². The van der Waals surface area contributed by atoms with Gasteiger partial charge in [-0.05, 0) is 88.9 Å². The highest BCUT2D eigenvalue weighted by molar-refractivity contribution is 7.15. The number of amides is 1. The summed E-state index contributed by atoms with van der Waals surface area (Å²) < 4.78 is 6.25. The number of aromatic nitrogens is 1. The van der Waals surface area contributed by atoms with E-state index < -0.39 is 17.9 Å². The van der Waals surface area contributed by atoms with Crippen LogP contribution in [0.2, 0.25) is 5.02 Å². The number of fused-ring (bicyclic) bond motifs is 1. The van der Waals surface area contributed by atoms with Crippen molar-refractivity contribution in [3.05, 3.63) is 112 Å². The van der Waals surface area contributed by atoms with Gasteiger partial charge in [-0.15, -0.1) is 11.3 Å². The Labute approximate surface area is 284 Å². The van der Waals surface area contributed by atoms with Crippen LogP contribution in [0.4, 0.5) is 0 Å². The van der Waals surface area contributed by atoms with Crippen molar-refractivity contribution in [2.45, 2.75) is 70.8 Å². The third-order valence-corrected chi connectivity index (χ3v) is 10.2. The van der Waals surface area contributed by atoms with Gasteiger partial charge in [0.2, 0.25) is 0 Å². The van der Waals surface area contributed by atoms with Crippen LogP contribution < -0.4 is 10.1 Å². The van der Waals surface area contributed by atoms with Gasteiger partial charge in [0, 0.05) is 32.3 Å². The number of carboxylic acid groups (broad SMARTS) is 1. The molecule has 1 amide bonds. The highest BCUT2D eigenvalue weighted by atomic mass is 35.5. The summed E-state index contributed by atoms with van der Waals surface area (Å²) in [6.07, 6.45) is 5.59. The molecule has 1 aliphatic carbocycles. The van der Waals surface area contributed by atoms with E-state index in [-0.39, 0.29) is 17.5 Å². The molecular formula is C39H39ClN2O4S. The van der Waals surface area contributed by atoms with Crippen molar-refractivity contribution >= 4 is 45.6 Å². The van der Waals surface area contributed by atoms with Crippen molar-refractivity contribution in [3.63, 3.8) is 0 Å². The first kappa shape index (κ1) is 32.7. The number of rotatable bonds is 10. The van der Waals surface area contributed by atoms with Crippen LogP contribution in [-0.4, -0.2) is 28.0 Å². The number of pyridine rings is 1. The number of nitrogens with one attached hydrogen (secondary N) is 1. The van der Waals surface area contributed by atoms with E-state index in [2.05, 4.69) is 38.2 Å². The molecule has 8 heteroatoms. The van der Waals surface area contributed by atoms with E-state index in [4.69, 9.17) is 21.3 Å². The fourth-order valence-corrected chi connectivity index (χ4v) is 7.35. The maximum Gasteiger partial charge on any atom is 0.326 e. The zero-order valence-corrected chi connectivity index (χ0v) is 28.5. The number of benzene rings is 3. The number of nitrogens with zero attached hydrogens (tertiary/aromatic N) is 1. The monoisotopic (exact) mass is 666 g/mol. The number of hydrogen-bond acceptors (Lipinski definition) is 5. The van der Waals surface area contributed by atoms with E-state index in [0.717, 1.165) is 56.8 Å². The summed E-state index contributed by atoms with van der Waals surface area (Å²) >= 11 is 7.53. The molecule has 6 nitrogen and oxygen atoms in total. The predicted octanol–water partition coefficient (Wildman–Crippen LogP) is 9.86. The lowest BCUT2D eigenvalue weighted by Crippen LogP contribution is -2.42. The molecule has 6 rings (SSSR count). The van der Waals surface area contributed by atoms with E-state index in [9.17, 15) is 14.7 Å². The molecule has 3 aromatic carbocycles. The quantitative estimate of drug-likeness (QED) is 0.155. The zero-order valence-electron chi connectivity index (χ0n) is 26.9. The minimum absolute atomic E-state index is 0.0578. The lowest BCUT2D eigenvalue weighted by atomic mass is 9.87. The Kier molecular flexibility index (Phi) is 9.67. The second kappa shape index (κ2) is 13.9. The number of carboxylic acids is 1. The third-order valence-electron chi connectivity index (χ3n) is 8.83. The average molecular weight is 667 g/mol. The van der Waals surface area contributed by atoms with Crippen LogP contribution in [0.5, 0.6) is 11.5 Å². The van der Waals surface area contributed by atoms with Crippen molar-refractivity contribution in [2.75, 3.05) is 0 Å². The molecule has 2 heterocycles. The summed E-state index contributed by atoms with van der Waals surface area (Å²) in [6, 6.07) is 26.0. The largest absolute Gasteiger partial charge is 0.480 e. The molecule has 1 fully saturated rings. The Balaban J connectivity index is 1.23. The number of thiophene rings is 1. The molecule has 0 saturated heterocycles. The van der Waals surface area contributed by atoms with Crippen molar-refractivity contribution in [1.29, 1.82) is 0 Å². The summed E-state index contributed by atoms with van der Waals surface area (Å²) in [5, 5.41) is 15.3. The minimum Gasteiger partial charge on any atom is -0.480 e. The minimum atomic E-state index is -1.10. The maximum atomic E-state index is 13.6. The van der Waals surface area contributed by atoms with Crippen LogP contribution in [0.15, 0.2) is 84.9 Å². The van der Waals surface area contributed by atoms with Gasteiger partial charge in [-0.25, -0.2) is 9.78 Å². The van der Waals surface area contributed by atoms with Crippen LogP contribution >= 0.6 is 22.9 Å². The molecule has 2 aromatic heterocycles. The Morgan fingerprint density at radius 1 is 0.957 bits per heavy atom. The molecule has 0 radical (unpaired) electrons. The maximum absolute atomic E-state index is 13.6. The van der Waals surface area contributed by atoms with Gasteiger partial charge in [-0.3, -0.25) is 4.79 Å². The summed E-state index contributed by atoms with van der Waals surface area (Å²) in [6.45, 7) is 6.55. The molecule has 5 aromatic rings. The number of halogens is 1. The summed E-state index contributed by atoms with van der Waals surface area (Å²) in [4.78, 5) is 32.6. The second-order valence-corrected chi connectivity index (χ2v) is 15.0. The zero-order chi connectivity index (χ0) is 33.1. The Hall–Kier alpha value is -4.20. The highest BCUT2D eigenvalue weighted by Crippen LogP contribution is 2.34. The van der Waals surface area contributed by atoms with Crippen molar-refractivity contribution < 1.29 is 19.4 Å². The summed E-state index contributed by atoms with van der Waals surface area (Å²) in [7, 11) is 0. The second-order valence-electron chi connectivity index (χ2n) is 13.4. The number of hydrogen-bond donors (Lipinski definition) is 2. The number of ether oxygens (including phenoxy) is 1. The van der Waals surface area contributed by atoms with Gasteiger partial charge in [-0.1, -0.05) is 88.4 Å². The molecule has 2 N–H and O–H groups in total. The van der Waals surface area contributed by atoms with E-state index in [0.29, 0.717) is 16.7 Å². The molecule has 0 bridgehead atoms. The van der Waals surface area contributed by atoms with E-state index in [1.165, 1.54) is 29.7 Å². The summed E-state index contributed by atoms with van der Waals surface area (Å²) in [5.74, 6) is 0.362. The third kappa shape index (κ3) is 8.03. The number of carbonyl (C=O) groups is 2. The molecule has 242 valence electrons. The Morgan fingerprint density at radius 3 is 2.34 bits per heavy atom. The first-order valence-corrected chi connectivity index (χ1v) is 17.3.